The molecule has 1 aromatic heterocycles. The minimum Gasteiger partial charge on any atom is -0.354 e. The first-order chi connectivity index (χ1) is 9.40. The minimum atomic E-state index is 0.793. The lowest BCUT2D eigenvalue weighted by Gasteiger charge is -2.03. The van der Waals surface area contributed by atoms with Crippen LogP contribution in [0.3, 0.4) is 0 Å². The highest BCUT2D eigenvalue weighted by atomic mass is 15.0. The molecule has 2 aromatic rings. The average Bonchev–Trinajstić information content (AvgIpc) is 3.17. The molecule has 0 unspecified atom stereocenters. The molecular weight excluding hydrogens is 232 g/mol. The second kappa shape index (κ2) is 6.07. The lowest BCUT2D eigenvalue weighted by atomic mass is 10.1. The summed E-state index contributed by atoms with van der Waals surface area (Å²) >= 11 is 0. The van der Waals surface area contributed by atoms with Crippen molar-refractivity contribution >= 4 is 0 Å². The van der Waals surface area contributed by atoms with Gasteiger partial charge in [0.15, 0.2) is 0 Å². The minimum absolute atomic E-state index is 0.793. The van der Waals surface area contributed by atoms with Crippen molar-refractivity contribution in [2.24, 2.45) is 0 Å². The van der Waals surface area contributed by atoms with E-state index in [2.05, 4.69) is 58.7 Å². The van der Waals surface area contributed by atoms with E-state index in [0.717, 1.165) is 25.6 Å². The lowest BCUT2D eigenvalue weighted by Crippen LogP contribution is -2.14. The summed E-state index contributed by atoms with van der Waals surface area (Å²) in [5, 5.41) is 3.55. The second-order valence-corrected chi connectivity index (χ2v) is 5.50. The maximum absolute atomic E-state index is 3.55. The van der Waals surface area contributed by atoms with Crippen LogP contribution in [0.5, 0.6) is 0 Å². The first kappa shape index (κ1) is 12.5. The third kappa shape index (κ3) is 3.97. The maximum Gasteiger partial charge on any atom is 0.0223 e. The van der Waals surface area contributed by atoms with Crippen LogP contribution in [-0.2, 0) is 19.5 Å². The standard InChI is InChI=1S/C17H22N2/c1-2-5-15(6-3-1)7-4-11-19-12-10-16(14-19)13-18-17-8-9-17/h1-3,5-6,10,12,14,17-18H,4,7-9,11,13H2. The third-order valence-electron chi connectivity index (χ3n) is 3.71. The van der Waals surface area contributed by atoms with Crippen molar-refractivity contribution in [2.45, 2.75) is 44.8 Å². The van der Waals surface area contributed by atoms with Crippen LogP contribution in [-0.4, -0.2) is 10.6 Å². The number of benzene rings is 1. The first-order valence-corrected chi connectivity index (χ1v) is 7.32. The zero-order valence-electron chi connectivity index (χ0n) is 11.4. The van der Waals surface area contributed by atoms with Crippen LogP contribution in [0.25, 0.3) is 0 Å². The van der Waals surface area contributed by atoms with Gasteiger partial charge in [-0.2, -0.15) is 0 Å². The van der Waals surface area contributed by atoms with E-state index < -0.39 is 0 Å². The second-order valence-electron chi connectivity index (χ2n) is 5.50. The molecule has 0 saturated heterocycles. The topological polar surface area (TPSA) is 17.0 Å². The quantitative estimate of drug-likeness (QED) is 0.801. The van der Waals surface area contributed by atoms with Gasteiger partial charge in [-0.1, -0.05) is 30.3 Å². The molecule has 0 bridgehead atoms. The zero-order chi connectivity index (χ0) is 12.9. The SMILES string of the molecule is c1ccc(CCCn2ccc(CNC3CC3)c2)cc1. The number of nitrogens with one attached hydrogen (secondary N) is 1. The Morgan fingerprint density at radius 3 is 2.68 bits per heavy atom. The van der Waals surface area contributed by atoms with Gasteiger partial charge in [-0.05, 0) is 42.9 Å². The van der Waals surface area contributed by atoms with E-state index in [4.69, 9.17) is 0 Å². The van der Waals surface area contributed by atoms with Crippen LogP contribution in [0.15, 0.2) is 48.8 Å². The smallest absolute Gasteiger partial charge is 0.0223 e. The van der Waals surface area contributed by atoms with Crippen LogP contribution >= 0.6 is 0 Å². The van der Waals surface area contributed by atoms with Gasteiger partial charge in [0, 0.05) is 31.5 Å². The molecule has 19 heavy (non-hydrogen) atoms. The van der Waals surface area contributed by atoms with Crippen molar-refractivity contribution in [3.05, 3.63) is 59.9 Å². The van der Waals surface area contributed by atoms with Crippen LogP contribution in [0.4, 0.5) is 0 Å². The Labute approximate surface area is 115 Å². The molecule has 0 amide bonds. The fourth-order valence-corrected chi connectivity index (χ4v) is 2.39. The van der Waals surface area contributed by atoms with Gasteiger partial charge in [0.2, 0.25) is 0 Å². The van der Waals surface area contributed by atoms with E-state index >= 15 is 0 Å². The number of nitrogens with zero attached hydrogens (tertiary/aromatic N) is 1. The van der Waals surface area contributed by atoms with Crippen molar-refractivity contribution in [1.29, 1.82) is 0 Å². The van der Waals surface area contributed by atoms with Gasteiger partial charge >= 0.3 is 0 Å². The Bertz CT molecular complexity index is 497. The predicted octanol–water partition coefficient (Wildman–Crippen LogP) is 3.37. The molecule has 1 aromatic carbocycles. The Kier molecular flexibility index (Phi) is 3.99. The highest BCUT2D eigenvalue weighted by Crippen LogP contribution is 2.19. The number of hydrogen-bond acceptors (Lipinski definition) is 1. The van der Waals surface area contributed by atoms with Gasteiger partial charge in [-0.15, -0.1) is 0 Å². The monoisotopic (exact) mass is 254 g/mol. The molecule has 1 aliphatic rings. The molecule has 0 radical (unpaired) electrons. The highest BCUT2D eigenvalue weighted by Gasteiger charge is 2.19. The van der Waals surface area contributed by atoms with Crippen LogP contribution in [0.2, 0.25) is 0 Å². The van der Waals surface area contributed by atoms with E-state index in [1.165, 1.54) is 30.4 Å². The van der Waals surface area contributed by atoms with Gasteiger partial charge in [-0.3, -0.25) is 0 Å². The van der Waals surface area contributed by atoms with Crippen LogP contribution in [0.1, 0.15) is 30.4 Å². The number of aryl methyl sites for hydroxylation is 2. The molecule has 0 aliphatic heterocycles. The summed E-state index contributed by atoms with van der Waals surface area (Å²) in [5.41, 5.74) is 2.84. The molecule has 0 spiro atoms. The molecule has 3 rings (SSSR count). The van der Waals surface area contributed by atoms with E-state index in [0.29, 0.717) is 0 Å². The van der Waals surface area contributed by atoms with Gasteiger partial charge < -0.3 is 9.88 Å². The Balaban J connectivity index is 1.42. The molecule has 1 N–H and O–H groups in total. The number of aromatic nitrogens is 1. The highest BCUT2D eigenvalue weighted by molar-refractivity contribution is 5.15. The molecule has 1 fully saturated rings. The molecule has 1 saturated carbocycles. The summed E-state index contributed by atoms with van der Waals surface area (Å²) in [6.45, 7) is 2.13. The van der Waals surface area contributed by atoms with E-state index in [-0.39, 0.29) is 0 Å². The average molecular weight is 254 g/mol. The largest absolute Gasteiger partial charge is 0.354 e. The Morgan fingerprint density at radius 2 is 1.89 bits per heavy atom. The van der Waals surface area contributed by atoms with Crippen molar-refractivity contribution in [3.63, 3.8) is 0 Å². The number of hydrogen-bond donors (Lipinski definition) is 1. The number of rotatable bonds is 7. The van der Waals surface area contributed by atoms with Crippen LogP contribution < -0.4 is 5.32 Å². The van der Waals surface area contributed by atoms with Crippen molar-refractivity contribution < 1.29 is 0 Å². The summed E-state index contributed by atoms with van der Waals surface area (Å²) in [5.74, 6) is 0. The van der Waals surface area contributed by atoms with E-state index in [1.54, 1.807) is 0 Å². The Hall–Kier alpha value is -1.54. The molecule has 100 valence electrons. The van der Waals surface area contributed by atoms with Crippen molar-refractivity contribution in [2.75, 3.05) is 0 Å². The zero-order valence-corrected chi connectivity index (χ0v) is 11.4. The van der Waals surface area contributed by atoms with Gasteiger partial charge in [0.1, 0.15) is 0 Å². The molecule has 1 aliphatic carbocycles. The summed E-state index contributed by atoms with van der Waals surface area (Å²) in [6, 6.07) is 13.8. The van der Waals surface area contributed by atoms with Crippen LogP contribution in [0, 0.1) is 0 Å². The van der Waals surface area contributed by atoms with Crippen molar-refractivity contribution in [1.82, 2.24) is 9.88 Å². The van der Waals surface area contributed by atoms with Gasteiger partial charge in [-0.25, -0.2) is 0 Å². The molecular formula is C17H22N2. The summed E-state index contributed by atoms with van der Waals surface area (Å²) in [6.07, 6.45) is 9.56. The Morgan fingerprint density at radius 1 is 1.05 bits per heavy atom. The predicted molar refractivity (Wildman–Crippen MR) is 79.1 cm³/mol. The maximum atomic E-state index is 3.55. The normalized spacial score (nSPS) is 14.7. The summed E-state index contributed by atoms with van der Waals surface area (Å²) in [7, 11) is 0. The first-order valence-electron chi connectivity index (χ1n) is 7.32. The van der Waals surface area contributed by atoms with E-state index in [9.17, 15) is 0 Å². The summed E-state index contributed by atoms with van der Waals surface area (Å²) in [4.78, 5) is 0. The van der Waals surface area contributed by atoms with E-state index in [1.807, 2.05) is 0 Å². The third-order valence-corrected chi connectivity index (χ3v) is 3.71. The molecule has 1 heterocycles. The van der Waals surface area contributed by atoms with Crippen molar-refractivity contribution in [3.8, 4) is 0 Å². The fraction of sp³-hybridized carbons (Fsp3) is 0.412. The van der Waals surface area contributed by atoms with Gasteiger partial charge in [0.05, 0.1) is 0 Å². The van der Waals surface area contributed by atoms with Gasteiger partial charge in [0.25, 0.3) is 0 Å². The fourth-order valence-electron chi connectivity index (χ4n) is 2.39. The molecule has 2 heteroatoms. The molecule has 0 atom stereocenters. The molecule has 2 nitrogen and oxygen atoms in total. The summed E-state index contributed by atoms with van der Waals surface area (Å²) < 4.78 is 2.31. The lowest BCUT2D eigenvalue weighted by molar-refractivity contribution is 0.639.